The Morgan fingerprint density at radius 2 is 2.00 bits per heavy atom. The standard InChI is InChI=1S/C23H22N4O4S/c1-5-12-32-23-24-21(29)20-16-8-6-7-9-17(16)26(14(2)28)22(27(20)25-23)15-10-11-18(30-3)19(13-15)31-4/h5-11,13,22H,1,12H2,2-4H3/p+1/t22-/m1/s1. The molecule has 8 nitrogen and oxygen atoms in total. The molecular formula is C23H23N4O4S+. The Kier molecular flexibility index (Phi) is 6.00. The maximum atomic E-state index is 13.2. The Hall–Kier alpha value is -3.59. The van der Waals surface area contributed by atoms with E-state index < -0.39 is 6.17 Å². The van der Waals surface area contributed by atoms with E-state index in [1.807, 2.05) is 30.3 Å². The molecule has 0 radical (unpaired) electrons. The molecule has 3 aromatic rings. The van der Waals surface area contributed by atoms with Gasteiger partial charge in [0.05, 0.1) is 25.5 Å². The monoisotopic (exact) mass is 451 g/mol. The summed E-state index contributed by atoms with van der Waals surface area (Å²) < 4.78 is 12.5. The predicted octanol–water partition coefficient (Wildman–Crippen LogP) is 2.93. The number of carbonyl (C=O) groups is 1. The highest BCUT2D eigenvalue weighted by Crippen LogP contribution is 2.39. The summed E-state index contributed by atoms with van der Waals surface area (Å²) in [4.78, 5) is 30.6. The van der Waals surface area contributed by atoms with E-state index in [1.54, 1.807) is 42.0 Å². The largest absolute Gasteiger partial charge is 0.493 e. The fraction of sp³-hybridized carbons (Fsp3) is 0.217. The Labute approximate surface area is 189 Å². The van der Waals surface area contributed by atoms with E-state index in [9.17, 15) is 9.59 Å². The molecule has 0 aliphatic carbocycles. The zero-order valence-corrected chi connectivity index (χ0v) is 18.8. The van der Waals surface area contributed by atoms with Crippen LogP contribution in [0.1, 0.15) is 18.7 Å². The lowest BCUT2D eigenvalue weighted by atomic mass is 10.0. The molecule has 0 bridgehead atoms. The molecule has 2 aromatic carbocycles. The minimum absolute atomic E-state index is 0.183. The molecule has 4 rings (SSSR count). The van der Waals surface area contributed by atoms with Crippen molar-refractivity contribution in [3.05, 3.63) is 71.0 Å². The SMILES string of the molecule is C=CCSc1n[n+]2c(c(=O)[nH]1)-c1ccccc1N(C(C)=O)[C@H]2c1ccc(OC)c(OC)c1. The number of fused-ring (bicyclic) bond motifs is 3. The van der Waals surface area contributed by atoms with Gasteiger partial charge in [-0.1, -0.05) is 30.0 Å². The second-order valence-electron chi connectivity index (χ2n) is 7.05. The van der Waals surface area contributed by atoms with Crippen LogP contribution in [0.5, 0.6) is 11.5 Å². The second-order valence-corrected chi connectivity index (χ2v) is 8.06. The third-order valence-corrected chi connectivity index (χ3v) is 6.00. The van der Waals surface area contributed by atoms with Gasteiger partial charge < -0.3 is 9.47 Å². The lowest BCUT2D eigenvalue weighted by molar-refractivity contribution is -0.763. The topological polar surface area (TPSA) is 88.4 Å². The third-order valence-electron chi connectivity index (χ3n) is 5.14. The first-order valence-electron chi connectivity index (χ1n) is 9.91. The molecule has 1 atom stereocenters. The van der Waals surface area contributed by atoms with Gasteiger partial charge in [0.2, 0.25) is 11.1 Å². The first-order valence-corrected chi connectivity index (χ1v) is 10.9. The summed E-state index contributed by atoms with van der Waals surface area (Å²) in [5, 5.41) is 5.15. The predicted molar refractivity (Wildman–Crippen MR) is 122 cm³/mol. The molecule has 1 aromatic heterocycles. The Morgan fingerprint density at radius 1 is 1.25 bits per heavy atom. The minimum atomic E-state index is -0.692. The Bertz CT molecular complexity index is 1260. The van der Waals surface area contributed by atoms with Gasteiger partial charge in [0, 0.05) is 23.3 Å². The maximum Gasteiger partial charge on any atom is 0.325 e. The number of hydrogen-bond donors (Lipinski definition) is 1. The van der Waals surface area contributed by atoms with Gasteiger partial charge in [-0.05, 0) is 35.0 Å². The zero-order chi connectivity index (χ0) is 22.8. The van der Waals surface area contributed by atoms with Crippen molar-refractivity contribution in [1.29, 1.82) is 0 Å². The van der Waals surface area contributed by atoms with Crippen LogP contribution in [-0.4, -0.2) is 36.0 Å². The maximum absolute atomic E-state index is 13.2. The van der Waals surface area contributed by atoms with Gasteiger partial charge >= 0.3 is 11.3 Å². The summed E-state index contributed by atoms with van der Waals surface area (Å²) in [6.45, 7) is 5.22. The molecule has 1 amide bonds. The number of rotatable bonds is 6. The van der Waals surface area contributed by atoms with Crippen LogP contribution in [0, 0.1) is 0 Å². The lowest BCUT2D eigenvalue weighted by Gasteiger charge is -2.31. The van der Waals surface area contributed by atoms with Crippen molar-refractivity contribution in [2.75, 3.05) is 24.9 Å². The van der Waals surface area contributed by atoms with E-state index in [0.29, 0.717) is 39.4 Å². The Balaban J connectivity index is 2.02. The van der Waals surface area contributed by atoms with Gasteiger partial charge in [0.15, 0.2) is 11.5 Å². The van der Waals surface area contributed by atoms with Gasteiger partial charge in [-0.15, -0.1) is 6.58 Å². The van der Waals surface area contributed by atoms with Crippen molar-refractivity contribution in [1.82, 2.24) is 10.1 Å². The summed E-state index contributed by atoms with van der Waals surface area (Å²) >= 11 is 1.36. The van der Waals surface area contributed by atoms with E-state index in [4.69, 9.17) is 14.6 Å². The summed E-state index contributed by atoms with van der Waals surface area (Å²) in [5.41, 5.74) is 2.08. The molecular weight excluding hydrogens is 428 g/mol. The number of carbonyl (C=O) groups excluding carboxylic acids is 1. The van der Waals surface area contributed by atoms with Crippen LogP contribution in [0.15, 0.2) is 65.1 Å². The van der Waals surface area contributed by atoms with Gasteiger partial charge in [0.25, 0.3) is 6.17 Å². The first-order chi connectivity index (χ1) is 15.5. The van der Waals surface area contributed by atoms with Crippen molar-refractivity contribution < 1.29 is 19.0 Å². The molecule has 2 heterocycles. The number of H-pyrrole nitrogens is 1. The highest BCUT2D eigenvalue weighted by molar-refractivity contribution is 7.99. The van der Waals surface area contributed by atoms with Crippen LogP contribution in [0.3, 0.4) is 0 Å². The average Bonchev–Trinajstić information content (AvgIpc) is 2.80. The number of nitrogens with zero attached hydrogens (tertiary/aromatic N) is 3. The molecule has 0 fully saturated rings. The summed E-state index contributed by atoms with van der Waals surface area (Å²) in [6.07, 6.45) is 1.04. The van der Waals surface area contributed by atoms with Crippen molar-refractivity contribution in [2.24, 2.45) is 0 Å². The molecule has 0 saturated carbocycles. The summed E-state index contributed by atoms with van der Waals surface area (Å²) in [5.74, 6) is 1.47. The van der Waals surface area contributed by atoms with Crippen LogP contribution in [0.25, 0.3) is 11.3 Å². The second kappa shape index (κ2) is 8.88. The fourth-order valence-corrected chi connectivity index (χ4v) is 4.42. The van der Waals surface area contributed by atoms with Crippen LogP contribution in [0.2, 0.25) is 0 Å². The van der Waals surface area contributed by atoms with Crippen LogP contribution < -0.4 is 24.6 Å². The van der Waals surface area contributed by atoms with E-state index >= 15 is 0 Å². The number of methoxy groups -OCH3 is 2. The normalized spacial score (nSPS) is 14.3. The highest BCUT2D eigenvalue weighted by atomic mass is 32.2. The smallest absolute Gasteiger partial charge is 0.325 e. The third kappa shape index (κ3) is 3.64. The van der Waals surface area contributed by atoms with Gasteiger partial charge in [-0.2, -0.15) is 0 Å². The van der Waals surface area contributed by atoms with E-state index in [1.165, 1.54) is 18.7 Å². The molecule has 1 aliphatic heterocycles. The summed E-state index contributed by atoms with van der Waals surface area (Å²) in [6, 6.07) is 12.7. The van der Waals surface area contributed by atoms with Crippen LogP contribution in [0.4, 0.5) is 5.69 Å². The van der Waals surface area contributed by atoms with E-state index in [2.05, 4.69) is 11.6 Å². The highest BCUT2D eigenvalue weighted by Gasteiger charge is 2.45. The number of para-hydroxylation sites is 1. The van der Waals surface area contributed by atoms with Crippen molar-refractivity contribution in [3.8, 4) is 22.8 Å². The first kappa shape index (κ1) is 21.6. The summed E-state index contributed by atoms with van der Waals surface area (Å²) in [7, 11) is 3.11. The molecule has 9 heteroatoms. The molecule has 164 valence electrons. The molecule has 0 unspecified atom stereocenters. The Morgan fingerprint density at radius 3 is 2.69 bits per heavy atom. The van der Waals surface area contributed by atoms with E-state index in [-0.39, 0.29) is 11.5 Å². The van der Waals surface area contributed by atoms with Crippen molar-refractivity contribution in [3.63, 3.8) is 0 Å². The van der Waals surface area contributed by atoms with Gasteiger partial charge in [0.1, 0.15) is 0 Å². The molecule has 32 heavy (non-hydrogen) atoms. The van der Waals surface area contributed by atoms with E-state index in [0.717, 1.165) is 5.56 Å². The fourth-order valence-electron chi connectivity index (χ4n) is 3.83. The molecule has 1 N–H and O–H groups in total. The average molecular weight is 452 g/mol. The number of benzene rings is 2. The van der Waals surface area contributed by atoms with Crippen molar-refractivity contribution >= 4 is 23.4 Å². The number of aromatic amines is 1. The lowest BCUT2D eigenvalue weighted by Crippen LogP contribution is -2.60. The number of thioether (sulfide) groups is 1. The van der Waals surface area contributed by atoms with Crippen LogP contribution >= 0.6 is 11.8 Å². The number of hydrogen-bond acceptors (Lipinski definition) is 6. The zero-order valence-electron chi connectivity index (χ0n) is 18.0. The number of aromatic nitrogens is 3. The van der Waals surface area contributed by atoms with Gasteiger partial charge in [-0.3, -0.25) is 14.6 Å². The minimum Gasteiger partial charge on any atom is -0.493 e. The molecule has 0 spiro atoms. The quantitative estimate of drug-likeness (QED) is 0.352. The number of ether oxygens (including phenoxy) is 2. The van der Waals surface area contributed by atoms with Gasteiger partial charge in [-0.25, -0.2) is 4.90 Å². The van der Waals surface area contributed by atoms with Crippen molar-refractivity contribution in [2.45, 2.75) is 18.2 Å². The number of nitrogens with one attached hydrogen (secondary N) is 1. The van der Waals surface area contributed by atoms with Crippen LogP contribution in [-0.2, 0) is 4.79 Å². The number of amides is 1. The number of anilines is 1. The molecule has 1 aliphatic rings. The molecule has 0 saturated heterocycles.